The number of hydrogen-bond donors (Lipinski definition) is 1. The maximum absolute atomic E-state index is 12.4. The van der Waals surface area contributed by atoms with E-state index < -0.39 is 0 Å². The number of carbonyl (C=O) groups excluding carboxylic acids is 1. The van der Waals surface area contributed by atoms with Crippen molar-refractivity contribution in [1.29, 1.82) is 0 Å². The number of aryl methyl sites for hydroxylation is 1. The minimum atomic E-state index is -0.219. The van der Waals surface area contributed by atoms with Crippen LogP contribution in [0.4, 0.5) is 0 Å². The van der Waals surface area contributed by atoms with E-state index in [4.69, 9.17) is 11.6 Å². The summed E-state index contributed by atoms with van der Waals surface area (Å²) in [6.45, 7) is 2.75. The second kappa shape index (κ2) is 10.1. The summed E-state index contributed by atoms with van der Waals surface area (Å²) >= 11 is 9.32. The van der Waals surface area contributed by atoms with Crippen LogP contribution >= 0.6 is 34.7 Å². The average molecular weight is 470 g/mol. The largest absolute Gasteiger partial charge is 0.343 e. The van der Waals surface area contributed by atoms with Gasteiger partial charge in [-0.2, -0.15) is 0 Å². The fourth-order valence-corrected chi connectivity index (χ4v) is 4.79. The molecule has 31 heavy (non-hydrogen) atoms. The maximum atomic E-state index is 12.4. The molecule has 2 heterocycles. The SMILES string of the molecule is Cc1nc(C(=O)NCc2nnc(SCc3ccccc3Cl)n2Cc2ccccc2)cs1. The van der Waals surface area contributed by atoms with Crippen LogP contribution in [-0.2, 0) is 18.8 Å². The molecule has 0 fully saturated rings. The monoisotopic (exact) mass is 469 g/mol. The van der Waals surface area contributed by atoms with E-state index in [0.717, 1.165) is 26.3 Å². The van der Waals surface area contributed by atoms with Gasteiger partial charge in [-0.25, -0.2) is 4.98 Å². The van der Waals surface area contributed by atoms with E-state index in [9.17, 15) is 4.79 Å². The molecule has 1 amide bonds. The van der Waals surface area contributed by atoms with Crippen LogP contribution in [0.1, 0.15) is 32.4 Å². The van der Waals surface area contributed by atoms with Crippen LogP contribution in [0.15, 0.2) is 65.1 Å². The zero-order valence-electron chi connectivity index (χ0n) is 16.8. The first-order valence-electron chi connectivity index (χ1n) is 9.62. The Hall–Kier alpha value is -2.68. The number of hydrogen-bond acceptors (Lipinski definition) is 6. The second-order valence-electron chi connectivity index (χ2n) is 6.79. The topological polar surface area (TPSA) is 72.7 Å². The van der Waals surface area contributed by atoms with Crippen molar-refractivity contribution in [3.63, 3.8) is 0 Å². The van der Waals surface area contributed by atoms with Gasteiger partial charge in [0.25, 0.3) is 5.91 Å². The van der Waals surface area contributed by atoms with Crippen LogP contribution in [0.25, 0.3) is 0 Å². The molecule has 4 aromatic rings. The zero-order chi connectivity index (χ0) is 21.6. The standard InChI is InChI=1S/C22H20ClN5OS2/c1-15-25-19(14-30-15)21(29)24-11-20-26-27-22(28(20)12-16-7-3-2-4-8-16)31-13-17-9-5-6-10-18(17)23/h2-10,14H,11-13H2,1H3,(H,24,29). The summed E-state index contributed by atoms with van der Waals surface area (Å²) in [7, 11) is 0. The van der Waals surface area contributed by atoms with Gasteiger partial charge < -0.3 is 9.88 Å². The number of halogens is 1. The van der Waals surface area contributed by atoms with Gasteiger partial charge in [-0.1, -0.05) is 71.9 Å². The highest BCUT2D eigenvalue weighted by Crippen LogP contribution is 2.26. The van der Waals surface area contributed by atoms with Crippen LogP contribution in [0.2, 0.25) is 5.02 Å². The van der Waals surface area contributed by atoms with Gasteiger partial charge in [0.15, 0.2) is 11.0 Å². The summed E-state index contributed by atoms with van der Waals surface area (Å²) in [4.78, 5) is 16.6. The smallest absolute Gasteiger partial charge is 0.271 e. The molecule has 2 aromatic heterocycles. The molecule has 0 unspecified atom stereocenters. The van der Waals surface area contributed by atoms with Gasteiger partial charge in [0, 0.05) is 16.2 Å². The highest BCUT2D eigenvalue weighted by Gasteiger charge is 2.16. The summed E-state index contributed by atoms with van der Waals surface area (Å²) in [5, 5.41) is 15.7. The summed E-state index contributed by atoms with van der Waals surface area (Å²) in [5.74, 6) is 1.14. The van der Waals surface area contributed by atoms with Gasteiger partial charge in [0.2, 0.25) is 0 Å². The van der Waals surface area contributed by atoms with Gasteiger partial charge in [0.05, 0.1) is 18.1 Å². The fourth-order valence-electron chi connectivity index (χ4n) is 2.96. The molecule has 0 radical (unpaired) electrons. The molecule has 0 spiro atoms. The Bertz CT molecular complexity index is 1180. The first kappa shape index (κ1) is 21.5. The molecule has 0 saturated carbocycles. The minimum Gasteiger partial charge on any atom is -0.343 e. The van der Waals surface area contributed by atoms with Crippen molar-refractivity contribution < 1.29 is 4.79 Å². The van der Waals surface area contributed by atoms with Gasteiger partial charge in [0.1, 0.15) is 5.69 Å². The molecule has 158 valence electrons. The Morgan fingerprint density at radius 3 is 2.65 bits per heavy atom. The van der Waals surface area contributed by atoms with Crippen molar-refractivity contribution in [3.05, 3.63) is 92.7 Å². The molecule has 0 atom stereocenters. The minimum absolute atomic E-state index is 0.219. The average Bonchev–Trinajstić information content (AvgIpc) is 3.38. The van der Waals surface area contributed by atoms with Crippen LogP contribution in [0.5, 0.6) is 0 Å². The number of benzene rings is 2. The summed E-state index contributed by atoms with van der Waals surface area (Å²) in [6, 6.07) is 17.9. The van der Waals surface area contributed by atoms with Gasteiger partial charge in [-0.15, -0.1) is 21.5 Å². The second-order valence-corrected chi connectivity index (χ2v) is 9.20. The third kappa shape index (κ3) is 5.52. The van der Waals surface area contributed by atoms with E-state index in [2.05, 4.69) is 32.6 Å². The number of rotatable bonds is 8. The maximum Gasteiger partial charge on any atom is 0.271 e. The predicted molar refractivity (Wildman–Crippen MR) is 125 cm³/mol. The van der Waals surface area contributed by atoms with E-state index in [-0.39, 0.29) is 12.5 Å². The van der Waals surface area contributed by atoms with Crippen molar-refractivity contribution in [3.8, 4) is 0 Å². The van der Waals surface area contributed by atoms with Gasteiger partial charge in [-0.3, -0.25) is 4.79 Å². The van der Waals surface area contributed by atoms with Crippen LogP contribution in [0.3, 0.4) is 0 Å². The summed E-state index contributed by atoms with van der Waals surface area (Å²) in [5.41, 5.74) is 2.59. The van der Waals surface area contributed by atoms with Crippen molar-refractivity contribution >= 4 is 40.6 Å². The number of thioether (sulfide) groups is 1. The van der Waals surface area contributed by atoms with Crippen LogP contribution in [-0.4, -0.2) is 25.7 Å². The van der Waals surface area contributed by atoms with Crippen LogP contribution in [0, 0.1) is 6.92 Å². The normalized spacial score (nSPS) is 10.9. The Morgan fingerprint density at radius 2 is 1.90 bits per heavy atom. The lowest BCUT2D eigenvalue weighted by Gasteiger charge is -2.11. The Labute approximate surface area is 193 Å². The molecular formula is C22H20ClN5OS2. The molecule has 0 aliphatic rings. The molecule has 0 saturated heterocycles. The van der Waals surface area contributed by atoms with Crippen molar-refractivity contribution in [2.24, 2.45) is 0 Å². The van der Waals surface area contributed by atoms with Crippen molar-refractivity contribution in [1.82, 2.24) is 25.1 Å². The number of carbonyl (C=O) groups is 1. The lowest BCUT2D eigenvalue weighted by Crippen LogP contribution is -2.25. The highest BCUT2D eigenvalue weighted by atomic mass is 35.5. The van der Waals surface area contributed by atoms with E-state index >= 15 is 0 Å². The molecule has 6 nitrogen and oxygen atoms in total. The Kier molecular flexibility index (Phi) is 7.01. The molecule has 0 bridgehead atoms. The Morgan fingerprint density at radius 1 is 1.13 bits per heavy atom. The van der Waals surface area contributed by atoms with E-state index in [1.54, 1.807) is 17.1 Å². The molecule has 0 aliphatic carbocycles. The summed E-state index contributed by atoms with van der Waals surface area (Å²) in [6.07, 6.45) is 0. The van der Waals surface area contributed by atoms with E-state index in [1.165, 1.54) is 11.3 Å². The molecule has 2 aromatic carbocycles. The van der Waals surface area contributed by atoms with E-state index in [0.29, 0.717) is 23.8 Å². The molecule has 4 rings (SSSR count). The highest BCUT2D eigenvalue weighted by molar-refractivity contribution is 7.98. The molecule has 9 heteroatoms. The number of thiazole rings is 1. The number of nitrogens with one attached hydrogen (secondary N) is 1. The predicted octanol–water partition coefficient (Wildman–Crippen LogP) is 4.97. The number of aromatic nitrogens is 4. The third-order valence-corrected chi connectivity index (χ3v) is 6.71. The lowest BCUT2D eigenvalue weighted by atomic mass is 10.2. The fraction of sp³-hybridized carbons (Fsp3) is 0.182. The van der Waals surface area contributed by atoms with Crippen molar-refractivity contribution in [2.75, 3.05) is 0 Å². The summed E-state index contributed by atoms with van der Waals surface area (Å²) < 4.78 is 2.03. The zero-order valence-corrected chi connectivity index (χ0v) is 19.2. The van der Waals surface area contributed by atoms with Crippen LogP contribution < -0.4 is 5.32 Å². The molecule has 1 N–H and O–H groups in total. The van der Waals surface area contributed by atoms with Gasteiger partial charge in [-0.05, 0) is 24.1 Å². The van der Waals surface area contributed by atoms with Crippen molar-refractivity contribution in [2.45, 2.75) is 30.9 Å². The first-order chi connectivity index (χ1) is 15.1. The molecule has 0 aliphatic heterocycles. The number of nitrogens with zero attached hydrogens (tertiary/aromatic N) is 4. The quantitative estimate of drug-likeness (QED) is 0.369. The molecular weight excluding hydrogens is 450 g/mol. The third-order valence-electron chi connectivity index (χ3n) is 4.55. The first-order valence-corrected chi connectivity index (χ1v) is 11.9. The van der Waals surface area contributed by atoms with E-state index in [1.807, 2.05) is 54.0 Å². The lowest BCUT2D eigenvalue weighted by molar-refractivity contribution is 0.0945. The Balaban J connectivity index is 1.52. The number of amides is 1. The van der Waals surface area contributed by atoms with Gasteiger partial charge >= 0.3 is 0 Å².